The number of methoxy groups -OCH3 is 1. The highest BCUT2D eigenvalue weighted by molar-refractivity contribution is 6.31. The Labute approximate surface area is 157 Å². The molecule has 26 heavy (non-hydrogen) atoms. The number of oxazole rings is 1. The van der Waals surface area contributed by atoms with Crippen molar-refractivity contribution in [3.8, 4) is 11.5 Å². The van der Waals surface area contributed by atoms with Crippen molar-refractivity contribution in [1.82, 2.24) is 9.88 Å². The van der Waals surface area contributed by atoms with Crippen molar-refractivity contribution in [1.29, 1.82) is 0 Å². The maximum Gasteiger partial charge on any atom is 0.227 e. The first-order valence-corrected chi connectivity index (χ1v) is 9.54. The highest BCUT2D eigenvalue weighted by atomic mass is 35.5. The fourth-order valence-corrected chi connectivity index (χ4v) is 4.76. The Bertz CT molecular complexity index is 929. The third kappa shape index (κ3) is 2.64. The van der Waals surface area contributed by atoms with Crippen molar-refractivity contribution < 1.29 is 9.15 Å². The minimum atomic E-state index is 0.194. The summed E-state index contributed by atoms with van der Waals surface area (Å²) in [6, 6.07) is 14.1. The van der Waals surface area contributed by atoms with Crippen LogP contribution in [-0.2, 0) is 4.74 Å². The van der Waals surface area contributed by atoms with Gasteiger partial charge in [0.1, 0.15) is 11.7 Å². The summed E-state index contributed by atoms with van der Waals surface area (Å²) in [6.45, 7) is 2.31. The summed E-state index contributed by atoms with van der Waals surface area (Å²) in [5.74, 6) is 1.78. The number of benzene rings is 2. The smallest absolute Gasteiger partial charge is 0.227 e. The summed E-state index contributed by atoms with van der Waals surface area (Å²) in [7, 11) is 1.83. The quantitative estimate of drug-likeness (QED) is 0.657. The molecule has 0 amide bonds. The van der Waals surface area contributed by atoms with Gasteiger partial charge in [-0.25, -0.2) is 4.98 Å². The molecule has 2 aromatic carbocycles. The van der Waals surface area contributed by atoms with Gasteiger partial charge in [0.05, 0.1) is 0 Å². The third-order valence-corrected chi connectivity index (χ3v) is 6.12. The average molecular weight is 369 g/mol. The van der Waals surface area contributed by atoms with Crippen LogP contribution in [-0.4, -0.2) is 36.3 Å². The molecule has 0 aliphatic carbocycles. The summed E-state index contributed by atoms with van der Waals surface area (Å²) in [4.78, 5) is 7.05. The van der Waals surface area contributed by atoms with E-state index in [1.807, 2.05) is 25.3 Å². The highest BCUT2D eigenvalue weighted by Crippen LogP contribution is 2.44. The fourth-order valence-electron chi connectivity index (χ4n) is 4.60. The number of piperidine rings is 3. The monoisotopic (exact) mass is 368 g/mol. The molecule has 2 atom stereocenters. The van der Waals surface area contributed by atoms with E-state index >= 15 is 0 Å². The molecule has 4 nitrogen and oxygen atoms in total. The van der Waals surface area contributed by atoms with Crippen LogP contribution >= 0.6 is 11.6 Å². The first kappa shape index (κ1) is 16.3. The Morgan fingerprint density at radius 3 is 2.62 bits per heavy atom. The molecule has 0 N–H and O–H groups in total. The molecule has 3 aliphatic rings. The molecule has 0 radical (unpaired) electrons. The lowest BCUT2D eigenvalue weighted by Gasteiger charge is -2.50. The lowest BCUT2D eigenvalue weighted by Crippen LogP contribution is -2.54. The maximum atomic E-state index is 6.04. The minimum absolute atomic E-state index is 0.194. The summed E-state index contributed by atoms with van der Waals surface area (Å²) in [5.41, 5.74) is 3.86. The van der Waals surface area contributed by atoms with Gasteiger partial charge in [-0.2, -0.15) is 0 Å². The van der Waals surface area contributed by atoms with E-state index in [0.717, 1.165) is 29.8 Å². The van der Waals surface area contributed by atoms with E-state index in [1.54, 1.807) is 0 Å². The Hall–Kier alpha value is -1.88. The zero-order valence-electron chi connectivity index (χ0n) is 14.7. The fraction of sp³-hybridized carbons (Fsp3) is 0.381. The van der Waals surface area contributed by atoms with Crippen LogP contribution < -0.4 is 0 Å². The molecule has 2 bridgehead atoms. The van der Waals surface area contributed by atoms with Crippen LogP contribution in [0.4, 0.5) is 0 Å². The second kappa shape index (κ2) is 6.38. The van der Waals surface area contributed by atoms with Crippen molar-refractivity contribution in [2.45, 2.75) is 25.0 Å². The maximum absolute atomic E-state index is 6.04. The van der Waals surface area contributed by atoms with Crippen molar-refractivity contribution in [3.05, 3.63) is 53.1 Å². The molecule has 0 spiro atoms. The topological polar surface area (TPSA) is 38.5 Å². The number of halogens is 1. The molecule has 3 fully saturated rings. The van der Waals surface area contributed by atoms with Gasteiger partial charge in [-0.1, -0.05) is 23.7 Å². The van der Waals surface area contributed by atoms with E-state index in [2.05, 4.69) is 34.1 Å². The van der Waals surface area contributed by atoms with Gasteiger partial charge in [0.25, 0.3) is 0 Å². The summed E-state index contributed by atoms with van der Waals surface area (Å²) < 4.78 is 11.7. The zero-order chi connectivity index (χ0) is 17.7. The van der Waals surface area contributed by atoms with E-state index in [4.69, 9.17) is 20.8 Å². The van der Waals surface area contributed by atoms with Crippen LogP contribution in [0.15, 0.2) is 46.9 Å². The minimum Gasteiger partial charge on any atom is -0.436 e. The molecule has 3 aliphatic heterocycles. The average Bonchev–Trinajstić information content (AvgIpc) is 3.11. The molecule has 5 heteroatoms. The van der Waals surface area contributed by atoms with Gasteiger partial charge in [0.2, 0.25) is 5.89 Å². The first-order chi connectivity index (χ1) is 12.7. The zero-order valence-corrected chi connectivity index (χ0v) is 15.4. The van der Waals surface area contributed by atoms with E-state index in [-0.39, 0.29) is 6.23 Å². The van der Waals surface area contributed by atoms with Crippen LogP contribution in [0.25, 0.3) is 22.6 Å². The lowest BCUT2D eigenvalue weighted by atomic mass is 9.74. The second-order valence-electron chi connectivity index (χ2n) is 7.28. The molecule has 2 unspecified atom stereocenters. The molecule has 4 heterocycles. The third-order valence-electron chi connectivity index (χ3n) is 5.88. The molecular weight excluding hydrogens is 348 g/mol. The predicted molar refractivity (Wildman–Crippen MR) is 102 cm³/mol. The molecule has 3 saturated heterocycles. The molecular formula is C21H21ClN2O2. The van der Waals surface area contributed by atoms with E-state index in [9.17, 15) is 0 Å². The first-order valence-electron chi connectivity index (χ1n) is 9.16. The predicted octanol–water partition coefficient (Wildman–Crippen LogP) is 4.93. The van der Waals surface area contributed by atoms with E-state index in [0.29, 0.717) is 22.7 Å². The number of hydrogen-bond acceptors (Lipinski definition) is 4. The molecule has 134 valence electrons. The number of aromatic nitrogens is 1. The number of rotatable bonds is 3. The van der Waals surface area contributed by atoms with E-state index < -0.39 is 0 Å². The summed E-state index contributed by atoms with van der Waals surface area (Å²) >= 11 is 6.04. The lowest BCUT2D eigenvalue weighted by molar-refractivity contribution is -0.118. The van der Waals surface area contributed by atoms with Crippen LogP contribution in [0.3, 0.4) is 0 Å². The number of ether oxygens (including phenoxy) is 1. The van der Waals surface area contributed by atoms with Gasteiger partial charge in [0.15, 0.2) is 5.58 Å². The van der Waals surface area contributed by atoms with Gasteiger partial charge in [-0.05, 0) is 54.7 Å². The largest absolute Gasteiger partial charge is 0.436 e. The summed E-state index contributed by atoms with van der Waals surface area (Å²) in [5, 5.41) is 0.667. The van der Waals surface area contributed by atoms with Crippen molar-refractivity contribution in [2.24, 2.45) is 5.92 Å². The Morgan fingerprint density at radius 2 is 1.88 bits per heavy atom. The molecule has 6 rings (SSSR count). The Morgan fingerprint density at radius 1 is 1.12 bits per heavy atom. The van der Waals surface area contributed by atoms with Gasteiger partial charge >= 0.3 is 0 Å². The van der Waals surface area contributed by atoms with Gasteiger partial charge in [-0.15, -0.1) is 0 Å². The molecule has 1 aromatic heterocycles. The number of nitrogens with zero attached hydrogens (tertiary/aromatic N) is 2. The van der Waals surface area contributed by atoms with E-state index in [1.165, 1.54) is 18.4 Å². The van der Waals surface area contributed by atoms with Crippen LogP contribution in [0.5, 0.6) is 0 Å². The van der Waals surface area contributed by atoms with Gasteiger partial charge in [0, 0.05) is 36.7 Å². The standard InChI is InChI=1S/C21H21ClN2O2/c1-25-21-19(14-8-10-24(21)11-9-14)13-2-4-15(5-3-13)20-23-17-12-16(22)6-7-18(17)26-20/h2-7,12,14,19,21H,8-11H2,1H3. The highest BCUT2D eigenvalue weighted by Gasteiger charge is 2.43. The normalized spacial score (nSPS) is 27.9. The number of fused-ring (bicyclic) bond motifs is 4. The van der Waals surface area contributed by atoms with Crippen LogP contribution in [0.1, 0.15) is 24.3 Å². The van der Waals surface area contributed by atoms with Crippen LogP contribution in [0.2, 0.25) is 5.02 Å². The van der Waals surface area contributed by atoms with Gasteiger partial charge in [-0.3, -0.25) is 4.90 Å². The van der Waals surface area contributed by atoms with Crippen LogP contribution in [0, 0.1) is 5.92 Å². The SMILES string of the molecule is COC1C(c2ccc(-c3nc4cc(Cl)ccc4o3)cc2)C2CCN1CC2. The Kier molecular flexibility index (Phi) is 4.00. The molecule has 3 aromatic rings. The number of hydrogen-bond donors (Lipinski definition) is 0. The van der Waals surface area contributed by atoms with Gasteiger partial charge < -0.3 is 9.15 Å². The summed E-state index contributed by atoms with van der Waals surface area (Å²) in [6.07, 6.45) is 2.72. The van der Waals surface area contributed by atoms with Crippen molar-refractivity contribution >= 4 is 22.7 Å². The molecule has 0 saturated carbocycles. The van der Waals surface area contributed by atoms with Crippen molar-refractivity contribution in [2.75, 3.05) is 20.2 Å². The Balaban J connectivity index is 1.46. The second-order valence-corrected chi connectivity index (χ2v) is 7.71. The van der Waals surface area contributed by atoms with Crippen molar-refractivity contribution in [3.63, 3.8) is 0 Å².